The number of nitrogens with two attached hydrogens (primary N) is 1. The number of rotatable bonds is 1. The van der Waals surface area contributed by atoms with Crippen LogP contribution in [0.2, 0.25) is 0 Å². The van der Waals surface area contributed by atoms with E-state index in [0.29, 0.717) is 5.56 Å². The number of nitrogen functional groups attached to an aromatic ring is 1. The van der Waals surface area contributed by atoms with Crippen molar-refractivity contribution < 1.29 is 0 Å². The van der Waals surface area contributed by atoms with Gasteiger partial charge in [-0.25, -0.2) is 0 Å². The number of thiophene rings is 1. The third-order valence-corrected chi connectivity index (χ3v) is 2.86. The molecule has 0 amide bonds. The van der Waals surface area contributed by atoms with Crippen LogP contribution in [0.5, 0.6) is 0 Å². The monoisotopic (exact) mass is 217 g/mol. The summed E-state index contributed by atoms with van der Waals surface area (Å²) in [6.45, 7) is 0. The number of hydrogen-bond donors (Lipinski definition) is 2. The average Bonchev–Trinajstić information content (AvgIpc) is 2.69. The van der Waals surface area contributed by atoms with Crippen LogP contribution in [0.4, 0.5) is 5.82 Å². The molecule has 2 heterocycles. The van der Waals surface area contributed by atoms with Crippen molar-refractivity contribution in [1.29, 1.82) is 5.26 Å². The van der Waals surface area contributed by atoms with Gasteiger partial charge in [-0.15, -0.1) is 11.3 Å². The third kappa shape index (κ3) is 1.63. The lowest BCUT2D eigenvalue weighted by Gasteiger charge is -2.01. The highest BCUT2D eigenvalue weighted by Gasteiger charge is 2.10. The van der Waals surface area contributed by atoms with Crippen LogP contribution in [-0.2, 0) is 0 Å². The summed E-state index contributed by atoms with van der Waals surface area (Å²) in [4.78, 5) is 14.7. The molecule has 2 aromatic rings. The molecule has 0 radical (unpaired) electrons. The smallest absolute Gasteiger partial charge is 0.268 e. The van der Waals surface area contributed by atoms with E-state index in [-0.39, 0.29) is 11.4 Å². The van der Waals surface area contributed by atoms with Crippen LogP contribution in [0.15, 0.2) is 28.4 Å². The molecule has 0 aliphatic carbocycles. The highest BCUT2D eigenvalue weighted by atomic mass is 32.1. The lowest BCUT2D eigenvalue weighted by atomic mass is 10.1. The van der Waals surface area contributed by atoms with Gasteiger partial charge in [0.05, 0.1) is 0 Å². The van der Waals surface area contributed by atoms with E-state index in [2.05, 4.69) is 4.98 Å². The Kier molecular flexibility index (Phi) is 2.27. The first-order valence-electron chi connectivity index (χ1n) is 4.19. The summed E-state index contributed by atoms with van der Waals surface area (Å²) in [5, 5.41) is 10.8. The maximum atomic E-state index is 11.4. The minimum Gasteiger partial charge on any atom is -0.385 e. The third-order valence-electron chi connectivity index (χ3n) is 1.95. The van der Waals surface area contributed by atoms with Gasteiger partial charge in [-0.05, 0) is 17.5 Å². The molecule has 0 atom stereocenters. The van der Waals surface area contributed by atoms with E-state index in [4.69, 9.17) is 11.0 Å². The van der Waals surface area contributed by atoms with Gasteiger partial charge < -0.3 is 10.7 Å². The molecule has 74 valence electrons. The van der Waals surface area contributed by atoms with E-state index in [9.17, 15) is 4.79 Å². The van der Waals surface area contributed by atoms with Gasteiger partial charge in [-0.2, -0.15) is 5.26 Å². The van der Waals surface area contributed by atoms with E-state index >= 15 is 0 Å². The average molecular weight is 217 g/mol. The van der Waals surface area contributed by atoms with E-state index < -0.39 is 5.56 Å². The number of pyridine rings is 1. The summed E-state index contributed by atoms with van der Waals surface area (Å²) in [5.74, 6) is 0.266. The van der Waals surface area contributed by atoms with Gasteiger partial charge in [0.1, 0.15) is 17.5 Å². The molecule has 15 heavy (non-hydrogen) atoms. The second-order valence-electron chi connectivity index (χ2n) is 2.93. The fourth-order valence-corrected chi connectivity index (χ4v) is 2.07. The Hall–Kier alpha value is -2.06. The number of nitrogens with zero attached hydrogens (tertiary/aromatic N) is 1. The van der Waals surface area contributed by atoms with E-state index in [1.807, 2.05) is 23.6 Å². The van der Waals surface area contributed by atoms with Gasteiger partial charge in [0, 0.05) is 10.4 Å². The molecule has 4 nitrogen and oxygen atoms in total. The molecular weight excluding hydrogens is 210 g/mol. The molecule has 0 saturated carbocycles. The summed E-state index contributed by atoms with van der Waals surface area (Å²) in [5.41, 5.74) is 5.78. The number of H-pyrrole nitrogens is 1. The van der Waals surface area contributed by atoms with Crippen molar-refractivity contribution in [2.24, 2.45) is 0 Å². The number of nitrogens with one attached hydrogen (secondary N) is 1. The zero-order chi connectivity index (χ0) is 10.8. The van der Waals surface area contributed by atoms with Crippen LogP contribution < -0.4 is 11.3 Å². The largest absolute Gasteiger partial charge is 0.385 e. The molecular formula is C10H7N3OS. The standard InChI is InChI=1S/C10H7N3OS/c11-5-7-6(8-2-1-3-15-8)4-9(12)13-10(7)14/h1-4H,(H3,12,13,14). The quantitative estimate of drug-likeness (QED) is 0.760. The Morgan fingerprint density at radius 1 is 1.53 bits per heavy atom. The van der Waals surface area contributed by atoms with Crippen molar-refractivity contribution in [2.75, 3.05) is 5.73 Å². The predicted molar refractivity (Wildman–Crippen MR) is 59.5 cm³/mol. The SMILES string of the molecule is N#Cc1c(-c2cccs2)cc(N)[nH]c1=O. The predicted octanol–water partition coefficient (Wildman–Crippen LogP) is 1.56. The van der Waals surface area contributed by atoms with E-state index in [1.54, 1.807) is 6.07 Å². The lowest BCUT2D eigenvalue weighted by molar-refractivity contribution is 1.23. The second kappa shape index (κ2) is 3.59. The van der Waals surface area contributed by atoms with Crippen molar-refractivity contribution in [2.45, 2.75) is 0 Å². The minimum atomic E-state index is -0.444. The molecule has 2 rings (SSSR count). The Labute approximate surface area is 89.6 Å². The second-order valence-corrected chi connectivity index (χ2v) is 3.88. The van der Waals surface area contributed by atoms with Crippen LogP contribution >= 0.6 is 11.3 Å². The van der Waals surface area contributed by atoms with Crippen LogP contribution in [0, 0.1) is 11.3 Å². The van der Waals surface area contributed by atoms with Crippen molar-refractivity contribution >= 4 is 17.2 Å². The van der Waals surface area contributed by atoms with Gasteiger partial charge in [0.15, 0.2) is 0 Å². The highest BCUT2D eigenvalue weighted by molar-refractivity contribution is 7.13. The van der Waals surface area contributed by atoms with Gasteiger partial charge in [0.2, 0.25) is 0 Å². The molecule has 5 heteroatoms. The van der Waals surface area contributed by atoms with Gasteiger partial charge in [-0.1, -0.05) is 6.07 Å². The van der Waals surface area contributed by atoms with Crippen LogP contribution in [0.1, 0.15) is 5.56 Å². The first-order chi connectivity index (χ1) is 7.22. The number of nitriles is 1. The van der Waals surface area contributed by atoms with Crippen molar-refractivity contribution in [1.82, 2.24) is 4.98 Å². The first kappa shape index (κ1) is 9.49. The molecule has 0 fully saturated rings. The van der Waals surface area contributed by atoms with Crippen molar-refractivity contribution in [3.8, 4) is 16.5 Å². The summed E-state index contributed by atoms with van der Waals surface area (Å²) < 4.78 is 0. The van der Waals surface area contributed by atoms with Crippen molar-refractivity contribution in [3.05, 3.63) is 39.5 Å². The van der Waals surface area contributed by atoms with E-state index in [1.165, 1.54) is 11.3 Å². The minimum absolute atomic E-state index is 0.103. The highest BCUT2D eigenvalue weighted by Crippen LogP contribution is 2.26. The van der Waals surface area contributed by atoms with E-state index in [0.717, 1.165) is 4.88 Å². The molecule has 0 unspecified atom stereocenters. The summed E-state index contributed by atoms with van der Waals surface area (Å²) in [6.07, 6.45) is 0. The van der Waals surface area contributed by atoms with Crippen LogP contribution in [0.3, 0.4) is 0 Å². The Morgan fingerprint density at radius 2 is 2.33 bits per heavy atom. The van der Waals surface area contributed by atoms with Crippen LogP contribution in [0.25, 0.3) is 10.4 Å². The topological polar surface area (TPSA) is 82.7 Å². The first-order valence-corrected chi connectivity index (χ1v) is 5.07. The number of aromatic nitrogens is 1. The summed E-state index contributed by atoms with van der Waals surface area (Å²) >= 11 is 1.46. The molecule has 2 aromatic heterocycles. The molecule has 0 aromatic carbocycles. The molecule has 0 aliphatic heterocycles. The molecule has 0 aliphatic rings. The Morgan fingerprint density at radius 3 is 2.93 bits per heavy atom. The normalized spacial score (nSPS) is 9.80. The zero-order valence-electron chi connectivity index (χ0n) is 7.65. The lowest BCUT2D eigenvalue weighted by Crippen LogP contribution is -2.13. The van der Waals surface area contributed by atoms with Crippen LogP contribution in [-0.4, -0.2) is 4.98 Å². The summed E-state index contributed by atoms with van der Waals surface area (Å²) in [6, 6.07) is 7.20. The fourth-order valence-electron chi connectivity index (χ4n) is 1.32. The molecule has 3 N–H and O–H groups in total. The van der Waals surface area contributed by atoms with Crippen molar-refractivity contribution in [3.63, 3.8) is 0 Å². The Bertz CT molecular complexity index is 578. The zero-order valence-corrected chi connectivity index (χ0v) is 8.47. The maximum absolute atomic E-state index is 11.4. The fraction of sp³-hybridized carbons (Fsp3) is 0. The maximum Gasteiger partial charge on any atom is 0.268 e. The Balaban J connectivity index is 2.77. The molecule has 0 spiro atoms. The molecule has 0 bridgehead atoms. The van der Waals surface area contributed by atoms with Gasteiger partial charge >= 0.3 is 0 Å². The molecule has 0 saturated heterocycles. The number of anilines is 1. The summed E-state index contributed by atoms with van der Waals surface area (Å²) in [7, 11) is 0. The number of aromatic amines is 1. The number of hydrogen-bond acceptors (Lipinski definition) is 4. The van der Waals surface area contributed by atoms with Gasteiger partial charge in [-0.3, -0.25) is 4.79 Å². The van der Waals surface area contributed by atoms with Gasteiger partial charge in [0.25, 0.3) is 5.56 Å².